The number of hydrogen-bond acceptors (Lipinski definition) is 4. The third-order valence-corrected chi connectivity index (χ3v) is 4.59. The van der Waals surface area contributed by atoms with Gasteiger partial charge in [-0.1, -0.05) is 44.2 Å². The highest BCUT2D eigenvalue weighted by Gasteiger charge is 2.14. The Morgan fingerprint density at radius 1 is 1.00 bits per heavy atom. The normalized spacial score (nSPS) is 11.9. The first-order valence-electron chi connectivity index (χ1n) is 9.20. The highest BCUT2D eigenvalue weighted by Crippen LogP contribution is 2.15. The molecule has 0 radical (unpaired) electrons. The molecule has 2 rings (SSSR count). The number of carbonyl (C=O) groups excluding carboxylic acids is 2. The lowest BCUT2D eigenvalue weighted by Crippen LogP contribution is -2.36. The summed E-state index contributed by atoms with van der Waals surface area (Å²) in [7, 11) is 1.75. The van der Waals surface area contributed by atoms with E-state index in [0.717, 1.165) is 6.42 Å². The Morgan fingerprint density at radius 3 is 2.19 bits per heavy atom. The average Bonchev–Trinajstić information content (AvgIpc) is 2.70. The summed E-state index contributed by atoms with van der Waals surface area (Å²) in [6.45, 7) is 4.70. The van der Waals surface area contributed by atoms with Crippen LogP contribution in [-0.2, 0) is 4.79 Å². The van der Waals surface area contributed by atoms with Crippen molar-refractivity contribution in [1.82, 2.24) is 4.90 Å². The second-order valence-corrected chi connectivity index (χ2v) is 7.02. The van der Waals surface area contributed by atoms with E-state index < -0.39 is 0 Å². The van der Waals surface area contributed by atoms with Gasteiger partial charge in [0.1, 0.15) is 5.75 Å². The molecule has 2 aromatic carbocycles. The number of nitrogens with two attached hydrogens (primary N) is 1. The molecule has 144 valence electrons. The van der Waals surface area contributed by atoms with Crippen LogP contribution >= 0.6 is 0 Å². The third-order valence-electron chi connectivity index (χ3n) is 4.59. The molecule has 2 aromatic rings. The molecule has 0 aliphatic rings. The molecule has 27 heavy (non-hydrogen) atoms. The fraction of sp³-hybridized carbons (Fsp3) is 0.364. The zero-order chi connectivity index (χ0) is 19.8. The molecule has 0 aliphatic carbocycles. The monoisotopic (exact) mass is 368 g/mol. The quantitative estimate of drug-likeness (QED) is 0.690. The van der Waals surface area contributed by atoms with Crippen molar-refractivity contribution in [2.24, 2.45) is 11.7 Å². The van der Waals surface area contributed by atoms with E-state index in [9.17, 15) is 9.59 Å². The Morgan fingerprint density at radius 2 is 1.59 bits per heavy atom. The van der Waals surface area contributed by atoms with Crippen LogP contribution in [0, 0.1) is 5.92 Å². The van der Waals surface area contributed by atoms with Gasteiger partial charge in [-0.3, -0.25) is 9.59 Å². The topological polar surface area (TPSA) is 72.6 Å². The summed E-state index contributed by atoms with van der Waals surface area (Å²) in [4.78, 5) is 26.2. The molecule has 2 N–H and O–H groups in total. The fourth-order valence-electron chi connectivity index (χ4n) is 2.51. The van der Waals surface area contributed by atoms with Gasteiger partial charge in [0.25, 0.3) is 5.91 Å². The number of hydrogen-bond donors (Lipinski definition) is 1. The van der Waals surface area contributed by atoms with Crippen LogP contribution in [0.5, 0.6) is 5.75 Å². The molecule has 1 atom stereocenters. The van der Waals surface area contributed by atoms with Gasteiger partial charge in [-0.2, -0.15) is 0 Å². The standard InChI is InChI=1S/C22H28N2O3/c1-16(2)20(23)13-14-24(3)21(25)15-27-19-11-9-18(10-12-19)22(26)17-7-5-4-6-8-17/h4-12,16,20H,13-15,23H2,1-3H3. The maximum absolute atomic E-state index is 12.4. The SMILES string of the molecule is CC(C)C(N)CCN(C)C(=O)COc1ccc(C(=O)c2ccccc2)cc1. The lowest BCUT2D eigenvalue weighted by atomic mass is 10.0. The number of rotatable bonds is 9. The molecule has 0 saturated heterocycles. The van der Waals surface area contributed by atoms with Crippen LogP contribution in [0.1, 0.15) is 36.2 Å². The van der Waals surface area contributed by atoms with Crippen LogP contribution in [0.2, 0.25) is 0 Å². The molecule has 0 aliphatic heterocycles. The number of amides is 1. The maximum atomic E-state index is 12.4. The molecule has 0 aromatic heterocycles. The van der Waals surface area contributed by atoms with E-state index in [1.165, 1.54) is 0 Å². The van der Waals surface area contributed by atoms with E-state index in [2.05, 4.69) is 13.8 Å². The number of benzene rings is 2. The van der Waals surface area contributed by atoms with Crippen LogP contribution in [0.25, 0.3) is 0 Å². The van der Waals surface area contributed by atoms with Crippen LogP contribution in [0.15, 0.2) is 54.6 Å². The summed E-state index contributed by atoms with van der Waals surface area (Å²) in [5.74, 6) is 0.803. The molecular weight excluding hydrogens is 340 g/mol. The summed E-state index contributed by atoms with van der Waals surface area (Å²) >= 11 is 0. The molecular formula is C22H28N2O3. The van der Waals surface area contributed by atoms with Crippen LogP contribution in [0.4, 0.5) is 0 Å². The van der Waals surface area contributed by atoms with E-state index in [0.29, 0.717) is 29.3 Å². The van der Waals surface area contributed by atoms with Crippen molar-refractivity contribution in [2.45, 2.75) is 26.3 Å². The number of ether oxygens (including phenoxy) is 1. The summed E-state index contributed by atoms with van der Waals surface area (Å²) < 4.78 is 5.55. The van der Waals surface area contributed by atoms with Gasteiger partial charge in [-0.25, -0.2) is 0 Å². The second kappa shape index (κ2) is 9.88. The number of carbonyl (C=O) groups is 2. The van der Waals surface area contributed by atoms with Crippen molar-refractivity contribution in [3.63, 3.8) is 0 Å². The molecule has 0 saturated carbocycles. The first-order valence-corrected chi connectivity index (χ1v) is 9.20. The van der Waals surface area contributed by atoms with E-state index in [-0.39, 0.29) is 24.3 Å². The Bertz CT molecular complexity index is 742. The van der Waals surface area contributed by atoms with Crippen molar-refractivity contribution in [1.29, 1.82) is 0 Å². The van der Waals surface area contributed by atoms with Crippen molar-refractivity contribution >= 4 is 11.7 Å². The van der Waals surface area contributed by atoms with Gasteiger partial charge in [0.05, 0.1) is 0 Å². The first-order chi connectivity index (χ1) is 12.9. The van der Waals surface area contributed by atoms with Gasteiger partial charge in [-0.05, 0) is 36.6 Å². The van der Waals surface area contributed by atoms with Gasteiger partial charge < -0.3 is 15.4 Å². The Labute approximate surface area is 161 Å². The molecule has 5 nitrogen and oxygen atoms in total. The Kier molecular flexibility index (Phi) is 7.55. The zero-order valence-corrected chi connectivity index (χ0v) is 16.2. The largest absolute Gasteiger partial charge is 0.484 e. The molecule has 5 heteroatoms. The van der Waals surface area contributed by atoms with Crippen molar-refractivity contribution in [2.75, 3.05) is 20.2 Å². The highest BCUT2D eigenvalue weighted by atomic mass is 16.5. The van der Waals surface area contributed by atoms with E-state index in [4.69, 9.17) is 10.5 Å². The Hall–Kier alpha value is -2.66. The molecule has 0 heterocycles. The van der Waals surface area contributed by atoms with Crippen LogP contribution in [0.3, 0.4) is 0 Å². The number of nitrogens with zero attached hydrogens (tertiary/aromatic N) is 1. The smallest absolute Gasteiger partial charge is 0.260 e. The summed E-state index contributed by atoms with van der Waals surface area (Å²) in [6, 6.07) is 16.0. The molecule has 0 bridgehead atoms. The number of ketones is 1. The van der Waals surface area contributed by atoms with Crippen LogP contribution < -0.4 is 10.5 Å². The fourth-order valence-corrected chi connectivity index (χ4v) is 2.51. The van der Waals surface area contributed by atoms with Crippen molar-refractivity contribution < 1.29 is 14.3 Å². The van der Waals surface area contributed by atoms with Crippen LogP contribution in [-0.4, -0.2) is 42.8 Å². The Balaban J connectivity index is 1.84. The van der Waals surface area contributed by atoms with E-state index in [1.54, 1.807) is 48.3 Å². The molecule has 1 amide bonds. The van der Waals surface area contributed by atoms with E-state index >= 15 is 0 Å². The minimum atomic E-state index is -0.101. The lowest BCUT2D eigenvalue weighted by molar-refractivity contribution is -0.132. The maximum Gasteiger partial charge on any atom is 0.260 e. The van der Waals surface area contributed by atoms with E-state index in [1.807, 2.05) is 18.2 Å². The highest BCUT2D eigenvalue weighted by molar-refractivity contribution is 6.08. The second-order valence-electron chi connectivity index (χ2n) is 7.02. The summed E-state index contributed by atoms with van der Waals surface area (Å²) in [5.41, 5.74) is 7.24. The summed E-state index contributed by atoms with van der Waals surface area (Å²) in [5, 5.41) is 0. The lowest BCUT2D eigenvalue weighted by Gasteiger charge is -2.21. The molecule has 0 spiro atoms. The molecule has 0 fully saturated rings. The zero-order valence-electron chi connectivity index (χ0n) is 16.2. The minimum absolute atomic E-state index is 0.0422. The van der Waals surface area contributed by atoms with Gasteiger partial charge in [0.15, 0.2) is 12.4 Å². The predicted molar refractivity (Wildman–Crippen MR) is 107 cm³/mol. The van der Waals surface area contributed by atoms with Crippen molar-refractivity contribution in [3.8, 4) is 5.75 Å². The van der Waals surface area contributed by atoms with Gasteiger partial charge in [0.2, 0.25) is 0 Å². The molecule has 1 unspecified atom stereocenters. The van der Waals surface area contributed by atoms with Gasteiger partial charge in [0, 0.05) is 30.8 Å². The average molecular weight is 368 g/mol. The van der Waals surface area contributed by atoms with Crippen molar-refractivity contribution in [3.05, 3.63) is 65.7 Å². The van der Waals surface area contributed by atoms with Gasteiger partial charge in [-0.15, -0.1) is 0 Å². The number of likely N-dealkylation sites (N-methyl/N-ethyl adjacent to an activating group) is 1. The van der Waals surface area contributed by atoms with Gasteiger partial charge >= 0.3 is 0 Å². The predicted octanol–water partition coefficient (Wildman–Crippen LogP) is 3.13. The minimum Gasteiger partial charge on any atom is -0.484 e. The summed E-state index contributed by atoms with van der Waals surface area (Å²) in [6.07, 6.45) is 0.760. The first kappa shape index (κ1) is 20.6. The third kappa shape index (κ3) is 6.22.